The lowest BCUT2D eigenvalue weighted by atomic mass is 9.79. The highest BCUT2D eigenvalue weighted by atomic mass is 16.5. The average molecular weight is 436 g/mol. The normalized spacial score (nSPS) is 14.5. The number of methoxy groups -OCH3 is 1. The van der Waals surface area contributed by atoms with Crippen LogP contribution in [0.1, 0.15) is 39.2 Å². The Morgan fingerprint density at radius 1 is 0.812 bits per heavy atom. The third-order valence-electron chi connectivity index (χ3n) is 5.48. The number of rotatable bonds is 7. The molecule has 6 nitrogen and oxygen atoms in total. The second-order valence-electron chi connectivity index (χ2n) is 7.32. The van der Waals surface area contributed by atoms with Gasteiger partial charge < -0.3 is 19.1 Å². The molecule has 6 heteroatoms. The Morgan fingerprint density at radius 2 is 1.31 bits per heavy atom. The molecule has 3 rings (SSSR count). The third-order valence-corrected chi connectivity index (χ3v) is 5.48. The Morgan fingerprint density at radius 3 is 1.75 bits per heavy atom. The van der Waals surface area contributed by atoms with Crippen molar-refractivity contribution in [3.63, 3.8) is 0 Å². The first-order chi connectivity index (χ1) is 15.4. The van der Waals surface area contributed by atoms with Crippen LogP contribution >= 0.6 is 0 Å². The van der Waals surface area contributed by atoms with Crippen molar-refractivity contribution in [2.75, 3.05) is 25.2 Å². The predicted octanol–water partition coefficient (Wildman–Crippen LogP) is 4.97. The van der Waals surface area contributed by atoms with E-state index in [0.29, 0.717) is 28.3 Å². The van der Waals surface area contributed by atoms with Gasteiger partial charge in [-0.3, -0.25) is 0 Å². The number of allylic oxidation sites excluding steroid dienone is 2. The molecule has 0 aromatic heterocycles. The van der Waals surface area contributed by atoms with E-state index in [4.69, 9.17) is 14.2 Å². The van der Waals surface area contributed by atoms with Crippen molar-refractivity contribution in [2.45, 2.75) is 33.6 Å². The minimum Gasteiger partial charge on any atom is -0.497 e. The van der Waals surface area contributed by atoms with E-state index in [1.807, 2.05) is 73.3 Å². The number of carbonyl (C=O) groups excluding carboxylic acids is 2. The molecule has 1 aliphatic rings. The van der Waals surface area contributed by atoms with Crippen LogP contribution in [-0.4, -0.2) is 32.3 Å². The van der Waals surface area contributed by atoms with Gasteiger partial charge in [0, 0.05) is 17.1 Å². The molecule has 0 saturated heterocycles. The molecule has 0 fully saturated rings. The van der Waals surface area contributed by atoms with Gasteiger partial charge in [-0.25, -0.2) is 9.59 Å². The molecule has 2 aromatic rings. The zero-order valence-electron chi connectivity index (χ0n) is 19.2. The minimum absolute atomic E-state index is 0.230. The number of hydrogen-bond acceptors (Lipinski definition) is 6. The van der Waals surface area contributed by atoms with Crippen LogP contribution in [0.2, 0.25) is 0 Å². The van der Waals surface area contributed by atoms with Gasteiger partial charge in [0.25, 0.3) is 0 Å². The number of ether oxygens (including phenoxy) is 3. The molecule has 1 aliphatic heterocycles. The first kappa shape index (κ1) is 23.1. The summed E-state index contributed by atoms with van der Waals surface area (Å²) in [6.07, 6.45) is 0. The quantitative estimate of drug-likeness (QED) is 0.572. The van der Waals surface area contributed by atoms with Gasteiger partial charge in [-0.05, 0) is 57.5 Å². The summed E-state index contributed by atoms with van der Waals surface area (Å²) in [6, 6.07) is 17.0. The second-order valence-corrected chi connectivity index (χ2v) is 7.32. The summed E-state index contributed by atoms with van der Waals surface area (Å²) in [5.74, 6) is -0.853. The maximum Gasteiger partial charge on any atom is 0.336 e. The minimum atomic E-state index is -0.626. The number of esters is 2. The van der Waals surface area contributed by atoms with E-state index in [-0.39, 0.29) is 13.2 Å². The maximum atomic E-state index is 13.2. The van der Waals surface area contributed by atoms with Crippen molar-refractivity contribution in [3.05, 3.63) is 82.7 Å². The van der Waals surface area contributed by atoms with Crippen LogP contribution in [0.5, 0.6) is 5.75 Å². The van der Waals surface area contributed by atoms with Crippen molar-refractivity contribution in [1.29, 1.82) is 0 Å². The van der Waals surface area contributed by atoms with Crippen molar-refractivity contribution in [1.82, 2.24) is 0 Å². The smallest absolute Gasteiger partial charge is 0.336 e. The zero-order valence-corrected chi connectivity index (χ0v) is 19.2. The first-order valence-corrected chi connectivity index (χ1v) is 10.7. The van der Waals surface area contributed by atoms with Crippen molar-refractivity contribution >= 4 is 17.6 Å². The molecular weight excluding hydrogens is 406 g/mol. The number of benzene rings is 2. The SMILES string of the molecule is CCOC(=O)C1=C(C)N(c2ccccc2)C(C)=C(C(=O)OCC)C1c1ccc(OC)cc1. The molecule has 0 amide bonds. The average Bonchev–Trinajstić information content (AvgIpc) is 2.79. The van der Waals surface area contributed by atoms with Gasteiger partial charge in [-0.1, -0.05) is 30.3 Å². The van der Waals surface area contributed by atoms with Crippen molar-refractivity contribution in [3.8, 4) is 5.75 Å². The number of hydrogen-bond donors (Lipinski definition) is 0. The van der Waals surface area contributed by atoms with Crippen molar-refractivity contribution < 1.29 is 23.8 Å². The second kappa shape index (κ2) is 10.2. The van der Waals surface area contributed by atoms with Gasteiger partial charge >= 0.3 is 11.9 Å². The van der Waals surface area contributed by atoms with Crippen LogP contribution in [0.25, 0.3) is 0 Å². The van der Waals surface area contributed by atoms with Crippen molar-refractivity contribution in [2.24, 2.45) is 0 Å². The van der Waals surface area contributed by atoms with Crippen LogP contribution in [0.3, 0.4) is 0 Å². The molecule has 32 heavy (non-hydrogen) atoms. The Bertz CT molecular complexity index is 996. The fourth-order valence-electron chi connectivity index (χ4n) is 4.10. The lowest BCUT2D eigenvalue weighted by molar-refractivity contribution is -0.139. The highest BCUT2D eigenvalue weighted by molar-refractivity contribution is 6.01. The Balaban J connectivity index is 2.29. The molecule has 1 heterocycles. The van der Waals surface area contributed by atoms with Crippen LogP contribution in [0, 0.1) is 0 Å². The molecule has 0 spiro atoms. The third kappa shape index (κ3) is 4.40. The van der Waals surface area contributed by atoms with E-state index in [2.05, 4.69) is 0 Å². The molecule has 168 valence electrons. The van der Waals surface area contributed by atoms with Gasteiger partial charge in [-0.2, -0.15) is 0 Å². The summed E-state index contributed by atoms with van der Waals surface area (Å²) in [6.45, 7) is 7.74. The summed E-state index contributed by atoms with van der Waals surface area (Å²) >= 11 is 0. The predicted molar refractivity (Wildman–Crippen MR) is 123 cm³/mol. The number of carbonyl (C=O) groups is 2. The molecule has 0 saturated carbocycles. The molecule has 0 aliphatic carbocycles. The van der Waals surface area contributed by atoms with Gasteiger partial charge in [-0.15, -0.1) is 0 Å². The van der Waals surface area contributed by atoms with Gasteiger partial charge in [0.05, 0.1) is 37.4 Å². The van der Waals surface area contributed by atoms with Crippen LogP contribution in [-0.2, 0) is 19.1 Å². The molecular formula is C26H29NO5. The Kier molecular flexibility index (Phi) is 7.36. The van der Waals surface area contributed by atoms with Crippen LogP contribution in [0.4, 0.5) is 5.69 Å². The Hall–Kier alpha value is -3.54. The maximum absolute atomic E-state index is 13.2. The summed E-state index contributed by atoms with van der Waals surface area (Å²) in [4.78, 5) is 28.4. The Labute approximate surface area is 189 Å². The highest BCUT2D eigenvalue weighted by Crippen LogP contribution is 2.44. The van der Waals surface area contributed by atoms with Gasteiger partial charge in [0.1, 0.15) is 5.75 Å². The molecule has 0 N–H and O–H groups in total. The molecule has 0 atom stereocenters. The molecule has 0 unspecified atom stereocenters. The van der Waals surface area contributed by atoms with E-state index in [0.717, 1.165) is 11.3 Å². The summed E-state index contributed by atoms with van der Waals surface area (Å²) in [5.41, 5.74) is 3.87. The van der Waals surface area contributed by atoms with E-state index in [1.165, 1.54) is 0 Å². The van der Waals surface area contributed by atoms with Gasteiger partial charge in [0.15, 0.2) is 0 Å². The zero-order chi connectivity index (χ0) is 23.3. The standard InChI is InChI=1S/C26H29NO5/c1-6-31-25(28)22-17(3)27(20-11-9-8-10-12-20)18(4)23(26(29)32-7-2)24(22)19-13-15-21(30-5)16-14-19/h8-16,24H,6-7H2,1-5H3. The fourth-order valence-corrected chi connectivity index (χ4v) is 4.10. The summed E-state index contributed by atoms with van der Waals surface area (Å²) in [7, 11) is 1.59. The topological polar surface area (TPSA) is 65.1 Å². The fraction of sp³-hybridized carbons (Fsp3) is 0.308. The van der Waals surface area contributed by atoms with E-state index in [9.17, 15) is 9.59 Å². The highest BCUT2D eigenvalue weighted by Gasteiger charge is 2.41. The first-order valence-electron chi connectivity index (χ1n) is 10.7. The summed E-state index contributed by atoms with van der Waals surface area (Å²) in [5, 5.41) is 0. The molecule has 0 bridgehead atoms. The summed E-state index contributed by atoms with van der Waals surface area (Å²) < 4.78 is 16.1. The number of para-hydroxylation sites is 1. The number of nitrogens with zero attached hydrogens (tertiary/aromatic N) is 1. The van der Waals surface area contributed by atoms with E-state index < -0.39 is 17.9 Å². The van der Waals surface area contributed by atoms with Crippen LogP contribution < -0.4 is 9.64 Å². The van der Waals surface area contributed by atoms with Crippen LogP contribution in [0.15, 0.2) is 77.1 Å². The largest absolute Gasteiger partial charge is 0.497 e. The van der Waals surface area contributed by atoms with E-state index in [1.54, 1.807) is 21.0 Å². The van der Waals surface area contributed by atoms with Gasteiger partial charge in [0.2, 0.25) is 0 Å². The monoisotopic (exact) mass is 435 g/mol. The lowest BCUT2D eigenvalue weighted by Crippen LogP contribution is -2.35. The lowest BCUT2D eigenvalue weighted by Gasteiger charge is -2.38. The molecule has 2 aromatic carbocycles. The van der Waals surface area contributed by atoms with E-state index >= 15 is 0 Å². The number of anilines is 1. The molecule has 0 radical (unpaired) electrons.